The third kappa shape index (κ3) is 2.70. The van der Waals surface area contributed by atoms with Gasteiger partial charge in [0.25, 0.3) is 0 Å². The van der Waals surface area contributed by atoms with Crippen LogP contribution in [0.5, 0.6) is 0 Å². The van der Waals surface area contributed by atoms with Crippen LogP contribution in [-0.2, 0) is 7.05 Å². The maximum absolute atomic E-state index is 4.60. The van der Waals surface area contributed by atoms with Gasteiger partial charge in [0.1, 0.15) is 5.82 Å². The Morgan fingerprint density at radius 3 is 2.67 bits per heavy atom. The Labute approximate surface area is 113 Å². The lowest BCUT2D eigenvalue weighted by atomic mass is 10.1. The zero-order chi connectivity index (χ0) is 13.0. The fraction of sp³-hybridized carbons (Fsp3) is 0.357. The minimum absolute atomic E-state index is 1.05. The molecule has 0 atom stereocenters. The van der Waals surface area contributed by atoms with Gasteiger partial charge in [0.15, 0.2) is 0 Å². The monoisotopic (exact) mass is 261 g/mol. The van der Waals surface area contributed by atoms with Gasteiger partial charge in [0.2, 0.25) is 0 Å². The van der Waals surface area contributed by atoms with E-state index < -0.39 is 0 Å². The second-order valence-corrected chi connectivity index (χ2v) is 5.16. The summed E-state index contributed by atoms with van der Waals surface area (Å²) in [7, 11) is 1.98. The number of hydrogen-bond acceptors (Lipinski definition) is 3. The summed E-state index contributed by atoms with van der Waals surface area (Å²) in [6, 6.07) is 10.3. The molecule has 3 nitrogen and oxygen atoms in total. The van der Waals surface area contributed by atoms with E-state index >= 15 is 0 Å². The van der Waals surface area contributed by atoms with E-state index in [1.165, 1.54) is 17.5 Å². The van der Waals surface area contributed by atoms with Crippen molar-refractivity contribution in [2.24, 2.45) is 7.05 Å². The Morgan fingerprint density at radius 2 is 2.00 bits per heavy atom. The summed E-state index contributed by atoms with van der Waals surface area (Å²) in [4.78, 5) is 0. The van der Waals surface area contributed by atoms with Crippen molar-refractivity contribution in [1.29, 1.82) is 0 Å². The maximum Gasteiger partial charge on any atom is 0.137 e. The average molecular weight is 261 g/mol. The number of anilines is 1. The predicted octanol–water partition coefficient (Wildman–Crippen LogP) is 3.87. The van der Waals surface area contributed by atoms with Crippen LogP contribution in [0.15, 0.2) is 30.3 Å². The number of rotatable bonds is 5. The summed E-state index contributed by atoms with van der Waals surface area (Å²) in [5, 5.41) is 4.60. The Kier molecular flexibility index (Phi) is 4.31. The number of nitrogens with one attached hydrogen (secondary N) is 1. The molecular weight excluding hydrogens is 242 g/mol. The van der Waals surface area contributed by atoms with Gasteiger partial charge in [-0.25, -0.2) is 0 Å². The maximum atomic E-state index is 4.60. The van der Waals surface area contributed by atoms with Crippen molar-refractivity contribution >= 4 is 17.8 Å². The Morgan fingerprint density at radius 1 is 1.28 bits per heavy atom. The summed E-state index contributed by atoms with van der Waals surface area (Å²) in [6.07, 6.45) is 1.17. The van der Waals surface area contributed by atoms with Gasteiger partial charge in [-0.1, -0.05) is 49.2 Å². The molecule has 0 saturated carbocycles. The molecule has 1 aromatic carbocycles. The highest BCUT2D eigenvalue weighted by molar-refractivity contribution is 8.00. The molecule has 0 aliphatic rings. The minimum atomic E-state index is 1.05. The molecule has 0 bridgehead atoms. The number of benzene rings is 1. The van der Waals surface area contributed by atoms with Crippen LogP contribution in [0.1, 0.15) is 18.9 Å². The van der Waals surface area contributed by atoms with E-state index in [0.717, 1.165) is 17.3 Å². The van der Waals surface area contributed by atoms with E-state index in [1.807, 2.05) is 29.9 Å². The number of nitrogens with zero attached hydrogens (tertiary/aromatic N) is 2. The molecule has 0 aliphatic carbocycles. The zero-order valence-corrected chi connectivity index (χ0v) is 11.9. The van der Waals surface area contributed by atoms with Crippen LogP contribution in [0.3, 0.4) is 0 Å². The molecule has 0 amide bonds. The van der Waals surface area contributed by atoms with E-state index in [4.69, 9.17) is 0 Å². The molecule has 0 aliphatic heterocycles. The molecule has 0 spiro atoms. The largest absolute Gasteiger partial charge is 0.314 e. The van der Waals surface area contributed by atoms with E-state index in [9.17, 15) is 0 Å². The van der Waals surface area contributed by atoms with Crippen molar-refractivity contribution in [1.82, 2.24) is 9.78 Å². The Hall–Kier alpha value is -1.42. The molecule has 18 heavy (non-hydrogen) atoms. The van der Waals surface area contributed by atoms with Crippen molar-refractivity contribution in [3.8, 4) is 11.3 Å². The first-order chi connectivity index (χ1) is 8.74. The van der Waals surface area contributed by atoms with Gasteiger partial charge in [-0.3, -0.25) is 4.68 Å². The first-order valence-corrected chi connectivity index (χ1v) is 7.19. The molecule has 0 saturated heterocycles. The van der Waals surface area contributed by atoms with Crippen molar-refractivity contribution in [3.63, 3.8) is 0 Å². The van der Waals surface area contributed by atoms with Crippen LogP contribution < -0.4 is 4.72 Å². The van der Waals surface area contributed by atoms with Gasteiger partial charge in [-0.15, -0.1) is 0 Å². The van der Waals surface area contributed by atoms with Crippen molar-refractivity contribution in [3.05, 3.63) is 35.9 Å². The highest BCUT2D eigenvalue weighted by atomic mass is 32.2. The lowest BCUT2D eigenvalue weighted by molar-refractivity contribution is 0.782. The molecule has 2 aromatic rings. The van der Waals surface area contributed by atoms with Crippen LogP contribution in [0.4, 0.5) is 5.82 Å². The van der Waals surface area contributed by atoms with Crippen molar-refractivity contribution in [2.45, 2.75) is 20.3 Å². The third-order valence-electron chi connectivity index (χ3n) is 2.81. The summed E-state index contributed by atoms with van der Waals surface area (Å²) in [6.45, 7) is 4.30. The first-order valence-electron chi connectivity index (χ1n) is 6.21. The average Bonchev–Trinajstić information content (AvgIpc) is 2.68. The number of aryl methyl sites for hydroxylation is 1. The standard InChI is InChI=1S/C14H19N3S/c1-4-10-18-16-14-11(2)13(15-17(14)3)12-8-6-5-7-9-12/h5-9,16H,4,10H2,1-3H3. The predicted molar refractivity (Wildman–Crippen MR) is 79.8 cm³/mol. The number of aromatic nitrogens is 2. The van der Waals surface area contributed by atoms with Gasteiger partial charge in [0.05, 0.1) is 5.69 Å². The molecular formula is C14H19N3S. The molecule has 1 aromatic heterocycles. The molecule has 0 fully saturated rings. The summed E-state index contributed by atoms with van der Waals surface area (Å²) in [5.74, 6) is 2.19. The lowest BCUT2D eigenvalue weighted by Crippen LogP contribution is -1.98. The molecule has 0 unspecified atom stereocenters. The molecule has 1 N–H and O–H groups in total. The smallest absolute Gasteiger partial charge is 0.137 e. The SMILES string of the molecule is CCCSNc1c(C)c(-c2ccccc2)nn1C. The second kappa shape index (κ2) is 5.96. The van der Waals surface area contributed by atoms with Crippen LogP contribution in [0, 0.1) is 6.92 Å². The van der Waals surface area contributed by atoms with Crippen LogP contribution in [0.25, 0.3) is 11.3 Å². The molecule has 96 valence electrons. The zero-order valence-electron chi connectivity index (χ0n) is 11.1. The van der Waals surface area contributed by atoms with Crippen LogP contribution in [-0.4, -0.2) is 15.5 Å². The second-order valence-electron chi connectivity index (χ2n) is 4.26. The van der Waals surface area contributed by atoms with E-state index in [1.54, 1.807) is 11.9 Å². The summed E-state index contributed by atoms with van der Waals surface area (Å²) < 4.78 is 5.31. The molecule has 0 radical (unpaired) electrons. The van der Waals surface area contributed by atoms with E-state index in [2.05, 4.69) is 35.8 Å². The highest BCUT2D eigenvalue weighted by Crippen LogP contribution is 2.28. The molecule has 2 rings (SSSR count). The van der Waals surface area contributed by atoms with Gasteiger partial charge in [0, 0.05) is 23.9 Å². The van der Waals surface area contributed by atoms with Crippen LogP contribution >= 0.6 is 11.9 Å². The van der Waals surface area contributed by atoms with Gasteiger partial charge in [-0.2, -0.15) is 5.10 Å². The summed E-state index contributed by atoms with van der Waals surface area (Å²) >= 11 is 1.73. The minimum Gasteiger partial charge on any atom is -0.314 e. The Balaban J connectivity index is 2.26. The quantitative estimate of drug-likeness (QED) is 0.654. The third-order valence-corrected chi connectivity index (χ3v) is 3.76. The lowest BCUT2D eigenvalue weighted by Gasteiger charge is -2.05. The molecule has 4 heteroatoms. The van der Waals surface area contributed by atoms with Crippen molar-refractivity contribution < 1.29 is 0 Å². The summed E-state index contributed by atoms with van der Waals surface area (Å²) in [5.41, 5.74) is 3.42. The van der Waals surface area contributed by atoms with Gasteiger partial charge >= 0.3 is 0 Å². The topological polar surface area (TPSA) is 29.9 Å². The van der Waals surface area contributed by atoms with Crippen molar-refractivity contribution in [2.75, 3.05) is 10.5 Å². The normalized spacial score (nSPS) is 10.6. The van der Waals surface area contributed by atoms with Gasteiger partial charge < -0.3 is 4.72 Å². The van der Waals surface area contributed by atoms with E-state index in [-0.39, 0.29) is 0 Å². The number of hydrogen-bond donors (Lipinski definition) is 1. The fourth-order valence-electron chi connectivity index (χ4n) is 1.86. The highest BCUT2D eigenvalue weighted by Gasteiger charge is 2.13. The molecule has 1 heterocycles. The Bertz CT molecular complexity index is 505. The fourth-order valence-corrected chi connectivity index (χ4v) is 2.59. The van der Waals surface area contributed by atoms with Gasteiger partial charge in [-0.05, 0) is 13.3 Å². The van der Waals surface area contributed by atoms with Crippen LogP contribution in [0.2, 0.25) is 0 Å². The van der Waals surface area contributed by atoms with E-state index in [0.29, 0.717) is 0 Å². The first kappa shape index (κ1) is 13.0.